The molecule has 3 aliphatic rings. The summed E-state index contributed by atoms with van der Waals surface area (Å²) in [5.74, 6) is -0.184. The standard InChI is InChI=1S/C17H20N2O3/c20-15-9-17(10-18-15)6-5-11-1-2-12(7-13(11)8-17)16(21)19(22)14-3-4-14/h1-2,7,14,22H,3-6,8-10H2,(H,18,20)/t17-/m0/s1. The van der Waals surface area contributed by atoms with Gasteiger partial charge in [-0.05, 0) is 55.4 Å². The highest BCUT2D eigenvalue weighted by molar-refractivity contribution is 5.94. The number of carbonyl (C=O) groups is 2. The van der Waals surface area contributed by atoms with E-state index in [4.69, 9.17) is 0 Å². The van der Waals surface area contributed by atoms with Gasteiger partial charge in [-0.15, -0.1) is 0 Å². The summed E-state index contributed by atoms with van der Waals surface area (Å²) in [6, 6.07) is 5.71. The van der Waals surface area contributed by atoms with E-state index in [1.165, 1.54) is 5.56 Å². The second-order valence-corrected chi connectivity index (χ2v) is 6.99. The summed E-state index contributed by atoms with van der Waals surface area (Å²) >= 11 is 0. The van der Waals surface area contributed by atoms with Crippen LogP contribution in [0.1, 0.15) is 47.2 Å². The van der Waals surface area contributed by atoms with Crippen LogP contribution in [0.2, 0.25) is 0 Å². The van der Waals surface area contributed by atoms with Crippen molar-refractivity contribution in [3.63, 3.8) is 0 Å². The van der Waals surface area contributed by atoms with Crippen LogP contribution in [0.3, 0.4) is 0 Å². The van der Waals surface area contributed by atoms with Gasteiger partial charge in [0.1, 0.15) is 0 Å². The summed E-state index contributed by atoms with van der Waals surface area (Å²) in [5.41, 5.74) is 2.97. The lowest BCUT2D eigenvalue weighted by molar-refractivity contribution is -0.119. The fourth-order valence-corrected chi connectivity index (χ4v) is 3.73. The molecule has 1 atom stereocenters. The number of fused-ring (bicyclic) bond motifs is 1. The first-order valence-electron chi connectivity index (χ1n) is 7.97. The summed E-state index contributed by atoms with van der Waals surface area (Å²) in [5, 5.41) is 13.7. The van der Waals surface area contributed by atoms with Crippen molar-refractivity contribution in [3.8, 4) is 0 Å². The molecule has 2 aliphatic carbocycles. The zero-order valence-corrected chi connectivity index (χ0v) is 12.5. The van der Waals surface area contributed by atoms with E-state index in [-0.39, 0.29) is 23.3 Å². The highest BCUT2D eigenvalue weighted by Gasteiger charge is 2.41. The highest BCUT2D eigenvalue weighted by atomic mass is 16.5. The smallest absolute Gasteiger partial charge is 0.277 e. The Morgan fingerprint density at radius 3 is 2.77 bits per heavy atom. The molecule has 4 rings (SSSR count). The summed E-state index contributed by atoms with van der Waals surface area (Å²) < 4.78 is 0. The molecule has 22 heavy (non-hydrogen) atoms. The third kappa shape index (κ3) is 2.29. The Hall–Kier alpha value is -1.88. The predicted octanol–water partition coefficient (Wildman–Crippen LogP) is 1.68. The number of carbonyl (C=O) groups excluding carboxylic acids is 2. The Balaban J connectivity index is 1.59. The first-order valence-corrected chi connectivity index (χ1v) is 7.97. The Morgan fingerprint density at radius 1 is 1.27 bits per heavy atom. The molecule has 116 valence electrons. The van der Waals surface area contributed by atoms with E-state index in [0.29, 0.717) is 12.0 Å². The molecule has 1 spiro atoms. The minimum atomic E-state index is -0.314. The van der Waals surface area contributed by atoms with Gasteiger partial charge in [-0.1, -0.05) is 6.07 Å². The molecule has 1 saturated heterocycles. The lowest BCUT2D eigenvalue weighted by atomic mass is 9.71. The average molecular weight is 300 g/mol. The number of hydrogen-bond donors (Lipinski definition) is 2. The van der Waals surface area contributed by atoms with Crippen molar-refractivity contribution in [2.75, 3.05) is 6.54 Å². The van der Waals surface area contributed by atoms with Crippen LogP contribution in [0.5, 0.6) is 0 Å². The fourth-order valence-electron chi connectivity index (χ4n) is 3.73. The van der Waals surface area contributed by atoms with E-state index in [9.17, 15) is 14.8 Å². The predicted molar refractivity (Wildman–Crippen MR) is 79.5 cm³/mol. The number of amides is 2. The van der Waals surface area contributed by atoms with E-state index in [1.807, 2.05) is 18.2 Å². The van der Waals surface area contributed by atoms with E-state index in [2.05, 4.69) is 5.32 Å². The zero-order valence-electron chi connectivity index (χ0n) is 12.5. The molecule has 2 fully saturated rings. The number of nitrogens with zero attached hydrogens (tertiary/aromatic N) is 1. The summed E-state index contributed by atoms with van der Waals surface area (Å²) in [7, 11) is 0. The number of rotatable bonds is 2. The lowest BCUT2D eigenvalue weighted by Gasteiger charge is -2.33. The van der Waals surface area contributed by atoms with Crippen LogP contribution in [0.4, 0.5) is 0 Å². The molecule has 1 aromatic rings. The second-order valence-electron chi connectivity index (χ2n) is 6.99. The maximum absolute atomic E-state index is 12.3. The molecule has 0 radical (unpaired) electrons. The number of aryl methyl sites for hydroxylation is 1. The largest absolute Gasteiger partial charge is 0.356 e. The normalized spacial score (nSPS) is 26.7. The van der Waals surface area contributed by atoms with Crippen LogP contribution in [0.15, 0.2) is 18.2 Å². The molecule has 0 bridgehead atoms. The van der Waals surface area contributed by atoms with Gasteiger partial charge < -0.3 is 5.32 Å². The molecule has 5 heteroatoms. The summed E-state index contributed by atoms with van der Waals surface area (Å²) in [6.07, 6.45) is 5.13. The third-order valence-corrected chi connectivity index (χ3v) is 5.24. The van der Waals surface area contributed by atoms with Crippen LogP contribution >= 0.6 is 0 Å². The molecule has 1 aromatic carbocycles. The molecule has 2 N–H and O–H groups in total. The minimum Gasteiger partial charge on any atom is -0.356 e. The van der Waals surface area contributed by atoms with Crippen molar-refractivity contribution in [1.82, 2.24) is 10.4 Å². The molecule has 1 saturated carbocycles. The molecule has 0 unspecified atom stereocenters. The van der Waals surface area contributed by atoms with Gasteiger partial charge in [0.2, 0.25) is 5.91 Å². The fraction of sp³-hybridized carbons (Fsp3) is 0.529. The average Bonchev–Trinajstić information content (AvgIpc) is 3.31. The molecular weight excluding hydrogens is 280 g/mol. The van der Waals surface area contributed by atoms with E-state index < -0.39 is 0 Å². The maximum atomic E-state index is 12.3. The first-order chi connectivity index (χ1) is 10.6. The van der Waals surface area contributed by atoms with Gasteiger partial charge in [0.25, 0.3) is 5.91 Å². The highest BCUT2D eigenvalue weighted by Crippen LogP contribution is 2.40. The van der Waals surface area contributed by atoms with Crippen molar-refractivity contribution in [3.05, 3.63) is 34.9 Å². The van der Waals surface area contributed by atoms with Crippen LogP contribution in [-0.2, 0) is 17.6 Å². The van der Waals surface area contributed by atoms with Gasteiger partial charge in [-0.25, -0.2) is 5.06 Å². The number of nitrogens with one attached hydrogen (secondary N) is 1. The number of hydrogen-bond acceptors (Lipinski definition) is 3. The first kappa shape index (κ1) is 13.8. The van der Waals surface area contributed by atoms with Gasteiger partial charge in [0.15, 0.2) is 0 Å². The van der Waals surface area contributed by atoms with E-state index in [1.54, 1.807) is 0 Å². The SMILES string of the molecule is O=C1C[C@@]2(CCc3ccc(C(=O)N(O)C4CC4)cc3C2)CN1. The maximum Gasteiger partial charge on any atom is 0.277 e. The van der Waals surface area contributed by atoms with Crippen LogP contribution in [0.25, 0.3) is 0 Å². The molecule has 0 aromatic heterocycles. The molecule has 1 aliphatic heterocycles. The monoisotopic (exact) mass is 300 g/mol. The van der Waals surface area contributed by atoms with Crippen molar-refractivity contribution in [2.45, 2.75) is 44.6 Å². The third-order valence-electron chi connectivity index (χ3n) is 5.24. The Labute approximate surface area is 129 Å². The molecule has 2 amide bonds. The van der Waals surface area contributed by atoms with Crippen molar-refractivity contribution < 1.29 is 14.8 Å². The van der Waals surface area contributed by atoms with Gasteiger partial charge in [0.05, 0.1) is 6.04 Å². The van der Waals surface area contributed by atoms with Gasteiger partial charge in [-0.3, -0.25) is 14.8 Å². The summed E-state index contributed by atoms with van der Waals surface area (Å²) in [6.45, 7) is 0.734. The quantitative estimate of drug-likeness (QED) is 0.645. The molecule has 5 nitrogen and oxygen atoms in total. The minimum absolute atomic E-state index is 0.00784. The van der Waals surface area contributed by atoms with Crippen molar-refractivity contribution in [2.24, 2.45) is 5.41 Å². The Kier molecular flexibility index (Phi) is 3.01. The Morgan fingerprint density at radius 2 is 2.09 bits per heavy atom. The zero-order chi connectivity index (χ0) is 15.3. The van der Waals surface area contributed by atoms with Crippen LogP contribution in [0, 0.1) is 5.41 Å². The lowest BCUT2D eigenvalue weighted by Crippen LogP contribution is -2.32. The molecule has 1 heterocycles. The van der Waals surface area contributed by atoms with Crippen molar-refractivity contribution >= 4 is 11.8 Å². The van der Waals surface area contributed by atoms with Crippen LogP contribution in [-0.4, -0.2) is 34.7 Å². The Bertz CT molecular complexity index is 653. The number of benzene rings is 1. The van der Waals surface area contributed by atoms with Gasteiger partial charge in [-0.2, -0.15) is 0 Å². The van der Waals surface area contributed by atoms with Gasteiger partial charge in [0, 0.05) is 23.9 Å². The van der Waals surface area contributed by atoms with E-state index in [0.717, 1.165) is 49.3 Å². The summed E-state index contributed by atoms with van der Waals surface area (Å²) in [4.78, 5) is 23.9. The topological polar surface area (TPSA) is 69.6 Å². The van der Waals surface area contributed by atoms with E-state index >= 15 is 0 Å². The van der Waals surface area contributed by atoms with Gasteiger partial charge >= 0.3 is 0 Å². The second kappa shape index (κ2) is 4.81. The number of hydroxylamine groups is 2. The molecular formula is C17H20N2O3. The van der Waals surface area contributed by atoms with Crippen molar-refractivity contribution in [1.29, 1.82) is 0 Å². The van der Waals surface area contributed by atoms with Crippen LogP contribution < -0.4 is 5.32 Å².